The molecule has 6 atom stereocenters. The fourth-order valence-corrected chi connectivity index (χ4v) is 5.60. The summed E-state index contributed by atoms with van der Waals surface area (Å²) in [7, 11) is -17.0. The van der Waals surface area contributed by atoms with Gasteiger partial charge < -0.3 is 40.3 Å². The normalized spacial score (nSPS) is 29.0. The molecule has 0 aromatic carbocycles. The van der Waals surface area contributed by atoms with Gasteiger partial charge in [0.2, 0.25) is 0 Å². The molecular formula is C12H17FN3O14P3. The van der Waals surface area contributed by atoms with Crippen LogP contribution in [0.4, 0.5) is 10.2 Å². The molecule has 0 amide bonds. The first-order chi connectivity index (χ1) is 15.0. The highest BCUT2D eigenvalue weighted by Gasteiger charge is 2.56. The summed E-state index contributed by atoms with van der Waals surface area (Å²) >= 11 is 0. The van der Waals surface area contributed by atoms with E-state index >= 15 is 0 Å². The number of phosphoric acid groups is 3. The van der Waals surface area contributed by atoms with Crippen LogP contribution in [0.5, 0.6) is 0 Å². The maximum atomic E-state index is 12.5. The van der Waals surface area contributed by atoms with Crippen LogP contribution in [0, 0.1) is 11.8 Å². The number of nitrogens with two attached hydrogens (primary N) is 1. The van der Waals surface area contributed by atoms with Gasteiger partial charge in [-0.2, -0.15) is 13.6 Å². The van der Waals surface area contributed by atoms with Crippen molar-refractivity contribution in [1.82, 2.24) is 9.55 Å². The van der Waals surface area contributed by atoms with Crippen LogP contribution in [0.25, 0.3) is 0 Å². The number of nitrogens with zero attached hydrogens (tertiary/aromatic N) is 2. The van der Waals surface area contributed by atoms with E-state index in [1.54, 1.807) is 0 Å². The number of aliphatic hydroxyl groups excluding tert-OH is 1. The van der Waals surface area contributed by atoms with Crippen LogP contribution < -0.4 is 11.4 Å². The van der Waals surface area contributed by atoms with Gasteiger partial charge in [-0.25, -0.2) is 22.9 Å². The Morgan fingerprint density at radius 1 is 1.24 bits per heavy atom. The first-order valence-electron chi connectivity index (χ1n) is 8.24. The van der Waals surface area contributed by atoms with E-state index in [0.717, 1.165) is 12.3 Å². The van der Waals surface area contributed by atoms with Crippen molar-refractivity contribution >= 4 is 29.3 Å². The molecule has 33 heavy (non-hydrogen) atoms. The number of nitrogen functional groups attached to an aromatic ring is 1. The fourth-order valence-electron chi connectivity index (χ4n) is 2.57. The SMILES string of the molecule is Nc1ccn([C@@H]2O[C@H](COP(=O)(O)OP(=O)(O)OP(=O)(O)O)[C@H](O)C2(O)C#CCF)c(=O)n1. The van der Waals surface area contributed by atoms with Gasteiger partial charge in [0, 0.05) is 6.20 Å². The molecule has 2 rings (SSSR count). The van der Waals surface area contributed by atoms with Gasteiger partial charge in [-0.05, 0) is 6.07 Å². The topological polar surface area (TPSA) is 270 Å². The largest absolute Gasteiger partial charge is 0.490 e. The van der Waals surface area contributed by atoms with Crippen LogP contribution in [0.15, 0.2) is 17.1 Å². The van der Waals surface area contributed by atoms with Crippen molar-refractivity contribution in [2.24, 2.45) is 0 Å². The second kappa shape index (κ2) is 9.98. The summed E-state index contributed by atoms with van der Waals surface area (Å²) in [6, 6.07) is 1.11. The first-order valence-corrected chi connectivity index (χ1v) is 12.8. The maximum absolute atomic E-state index is 12.5. The third kappa shape index (κ3) is 7.22. The van der Waals surface area contributed by atoms with E-state index < -0.39 is 66.5 Å². The summed E-state index contributed by atoms with van der Waals surface area (Å²) in [4.78, 5) is 51.1. The summed E-state index contributed by atoms with van der Waals surface area (Å²) in [5.74, 6) is 3.60. The molecule has 17 nitrogen and oxygen atoms in total. The average molecular weight is 539 g/mol. The molecule has 1 aliphatic rings. The summed E-state index contributed by atoms with van der Waals surface area (Å²) in [5.41, 5.74) is 1.60. The average Bonchev–Trinajstić information content (AvgIpc) is 2.87. The summed E-state index contributed by atoms with van der Waals surface area (Å²) < 4.78 is 63.7. The van der Waals surface area contributed by atoms with Gasteiger partial charge in [0.25, 0.3) is 0 Å². The van der Waals surface area contributed by atoms with Crippen LogP contribution in [0.3, 0.4) is 0 Å². The predicted molar refractivity (Wildman–Crippen MR) is 101 cm³/mol. The van der Waals surface area contributed by atoms with E-state index in [9.17, 15) is 38.0 Å². The van der Waals surface area contributed by atoms with Crippen molar-refractivity contribution in [1.29, 1.82) is 0 Å². The number of ether oxygens (including phenoxy) is 1. The first kappa shape index (κ1) is 27.7. The monoisotopic (exact) mass is 539 g/mol. The van der Waals surface area contributed by atoms with Crippen molar-refractivity contribution in [3.63, 3.8) is 0 Å². The summed E-state index contributed by atoms with van der Waals surface area (Å²) in [6.07, 6.45) is -4.78. The van der Waals surface area contributed by atoms with Gasteiger partial charge in [0.05, 0.1) is 6.61 Å². The molecule has 1 aromatic heterocycles. The number of alkyl halides is 1. The van der Waals surface area contributed by atoms with E-state index in [1.807, 2.05) is 11.8 Å². The van der Waals surface area contributed by atoms with E-state index in [0.29, 0.717) is 4.57 Å². The molecule has 3 unspecified atom stereocenters. The van der Waals surface area contributed by atoms with Crippen LogP contribution in [-0.4, -0.2) is 70.4 Å². The summed E-state index contributed by atoms with van der Waals surface area (Å²) in [5, 5.41) is 21.2. The third-order valence-corrected chi connectivity index (χ3v) is 7.56. The number of hydrogen-bond acceptors (Lipinski definition) is 12. The number of anilines is 1. The van der Waals surface area contributed by atoms with Crippen molar-refractivity contribution in [3.05, 3.63) is 22.7 Å². The number of rotatable bonds is 8. The highest BCUT2D eigenvalue weighted by Crippen LogP contribution is 2.66. The van der Waals surface area contributed by atoms with Crippen molar-refractivity contribution in [3.8, 4) is 11.8 Å². The molecule has 0 saturated carbocycles. The lowest BCUT2D eigenvalue weighted by molar-refractivity contribution is -0.0761. The molecule has 0 spiro atoms. The molecule has 0 bridgehead atoms. The number of hydrogen-bond donors (Lipinski definition) is 7. The number of halogens is 1. The molecule has 2 heterocycles. The number of phosphoric ester groups is 1. The van der Waals surface area contributed by atoms with E-state index in [-0.39, 0.29) is 5.82 Å². The van der Waals surface area contributed by atoms with Gasteiger partial charge in [-0.1, -0.05) is 11.8 Å². The Hall–Kier alpha value is -1.54. The highest BCUT2D eigenvalue weighted by atomic mass is 31.3. The van der Waals surface area contributed by atoms with Gasteiger partial charge in [0.1, 0.15) is 24.7 Å². The molecule has 0 aliphatic carbocycles. The van der Waals surface area contributed by atoms with Crippen LogP contribution in [0.1, 0.15) is 6.23 Å². The van der Waals surface area contributed by atoms with Gasteiger partial charge in [-0.3, -0.25) is 9.09 Å². The second-order valence-corrected chi connectivity index (χ2v) is 10.6. The Bertz CT molecular complexity index is 1150. The van der Waals surface area contributed by atoms with Crippen molar-refractivity contribution < 1.29 is 65.8 Å². The Kier molecular flexibility index (Phi) is 8.38. The number of aliphatic hydroxyl groups is 2. The lowest BCUT2D eigenvalue weighted by Crippen LogP contribution is -2.48. The minimum absolute atomic E-state index is 0.211. The Balaban J connectivity index is 2.26. The van der Waals surface area contributed by atoms with Crippen molar-refractivity contribution in [2.75, 3.05) is 19.0 Å². The molecule has 21 heteroatoms. The highest BCUT2D eigenvalue weighted by molar-refractivity contribution is 7.66. The van der Waals surface area contributed by atoms with Crippen LogP contribution in [0.2, 0.25) is 0 Å². The second-order valence-electron chi connectivity index (χ2n) is 6.16. The molecule has 1 aliphatic heterocycles. The molecule has 1 fully saturated rings. The smallest absolute Gasteiger partial charge is 0.386 e. The zero-order valence-corrected chi connectivity index (χ0v) is 18.6. The quantitative estimate of drug-likeness (QED) is 0.141. The van der Waals surface area contributed by atoms with Crippen molar-refractivity contribution in [2.45, 2.75) is 24.0 Å². The van der Waals surface area contributed by atoms with Gasteiger partial charge in [0.15, 0.2) is 11.8 Å². The molecule has 1 saturated heterocycles. The van der Waals surface area contributed by atoms with E-state index in [2.05, 4.69) is 18.1 Å². The number of aromatic nitrogens is 2. The predicted octanol–water partition coefficient (Wildman–Crippen LogP) is -1.87. The molecule has 1 aromatic rings. The summed E-state index contributed by atoms with van der Waals surface area (Å²) in [6.45, 7) is -2.46. The standard InChI is InChI=1S/C12H17FN3O14P3/c13-4-1-3-12(19)9(17)7(28-10(12)16-5-2-8(14)15-11(16)18)6-27-32(23,24)30-33(25,26)29-31(20,21)22/h2,5,7,9-10,17,19H,4,6H2,(H,23,24)(H,25,26)(H2,14,15,18)(H2,20,21,22)/t7-,9+,10-,12?/m1/s1. The molecule has 186 valence electrons. The Morgan fingerprint density at radius 2 is 1.88 bits per heavy atom. The molecular weight excluding hydrogens is 522 g/mol. The minimum Gasteiger partial charge on any atom is -0.386 e. The third-order valence-electron chi connectivity index (χ3n) is 3.76. The fraction of sp³-hybridized carbons (Fsp3) is 0.500. The van der Waals surface area contributed by atoms with Gasteiger partial charge >= 0.3 is 29.2 Å². The minimum atomic E-state index is -5.81. The lowest BCUT2D eigenvalue weighted by atomic mass is 9.94. The maximum Gasteiger partial charge on any atom is 0.490 e. The zero-order valence-electron chi connectivity index (χ0n) is 15.9. The Labute approximate surface area is 183 Å². The van der Waals surface area contributed by atoms with Crippen LogP contribution in [-0.2, 0) is 31.6 Å². The molecule has 0 radical (unpaired) electrons. The lowest BCUT2D eigenvalue weighted by Gasteiger charge is -2.26. The molecule has 8 N–H and O–H groups in total. The van der Waals surface area contributed by atoms with E-state index in [1.165, 1.54) is 0 Å². The van der Waals surface area contributed by atoms with E-state index in [4.69, 9.17) is 25.2 Å². The zero-order chi connectivity index (χ0) is 25.2. The van der Waals surface area contributed by atoms with Gasteiger partial charge in [-0.15, -0.1) is 0 Å². The van der Waals surface area contributed by atoms with Crippen LogP contribution >= 0.6 is 23.5 Å². The Morgan fingerprint density at radius 3 is 2.42 bits per heavy atom.